The monoisotopic (exact) mass is 474 g/mol. The molecule has 1 atom stereocenters. The minimum Gasteiger partial charge on any atom is -0.449 e. The number of amides is 1. The van der Waals surface area contributed by atoms with Crippen molar-refractivity contribution in [3.63, 3.8) is 0 Å². The van der Waals surface area contributed by atoms with E-state index in [-0.39, 0.29) is 4.90 Å². The molecule has 0 aliphatic rings. The lowest BCUT2D eigenvalue weighted by molar-refractivity contribution is -0.123. The van der Waals surface area contributed by atoms with E-state index in [1.54, 1.807) is 18.2 Å². The maximum Gasteiger partial charge on any atom is 0.338 e. The number of hydrogen-bond acceptors (Lipinski definition) is 5. The van der Waals surface area contributed by atoms with Crippen LogP contribution in [0.15, 0.2) is 53.4 Å². The normalized spacial score (nSPS) is 12.3. The molecule has 0 bridgehead atoms. The van der Waals surface area contributed by atoms with Crippen LogP contribution in [0.4, 0.5) is 5.69 Å². The van der Waals surface area contributed by atoms with Gasteiger partial charge in [-0.25, -0.2) is 18.4 Å². The highest BCUT2D eigenvalue weighted by Gasteiger charge is 2.19. The third-order valence-corrected chi connectivity index (χ3v) is 4.76. The Bertz CT molecular complexity index is 897. The van der Waals surface area contributed by atoms with Gasteiger partial charge in [-0.1, -0.05) is 6.07 Å². The Hall–Kier alpha value is -1.98. The zero-order valence-electron chi connectivity index (χ0n) is 13.1. The van der Waals surface area contributed by atoms with Crippen molar-refractivity contribution in [1.29, 1.82) is 0 Å². The molecule has 2 aromatic rings. The topological polar surface area (TPSA) is 116 Å². The number of halogens is 1. The summed E-state index contributed by atoms with van der Waals surface area (Å²) in [4.78, 5) is 24.1. The number of esters is 1. The Morgan fingerprint density at radius 2 is 1.80 bits per heavy atom. The van der Waals surface area contributed by atoms with Gasteiger partial charge in [-0.05, 0) is 72.0 Å². The number of sulfonamides is 1. The Labute approximate surface area is 158 Å². The van der Waals surface area contributed by atoms with Gasteiger partial charge in [0.25, 0.3) is 5.91 Å². The van der Waals surface area contributed by atoms with Crippen LogP contribution in [0.2, 0.25) is 0 Å². The molecule has 0 spiro atoms. The van der Waals surface area contributed by atoms with Crippen molar-refractivity contribution in [2.75, 3.05) is 5.32 Å². The van der Waals surface area contributed by atoms with Crippen molar-refractivity contribution in [2.45, 2.75) is 17.9 Å². The van der Waals surface area contributed by atoms with Crippen molar-refractivity contribution in [3.05, 3.63) is 57.7 Å². The molecule has 3 N–H and O–H groups in total. The average Bonchev–Trinajstić information content (AvgIpc) is 2.54. The first kappa shape index (κ1) is 19.3. The fourth-order valence-electron chi connectivity index (χ4n) is 1.87. The van der Waals surface area contributed by atoms with Crippen molar-refractivity contribution < 1.29 is 22.7 Å². The summed E-state index contributed by atoms with van der Waals surface area (Å²) >= 11 is 2.07. The van der Waals surface area contributed by atoms with E-state index in [1.165, 1.54) is 31.2 Å². The second kappa shape index (κ2) is 7.93. The molecule has 1 amide bonds. The van der Waals surface area contributed by atoms with Crippen LogP contribution in [-0.2, 0) is 19.6 Å². The first-order valence-corrected chi connectivity index (χ1v) is 9.69. The standard InChI is InChI=1S/C16H15IN2O5S/c1-10(24-16(21)11-3-2-4-12(17)9-11)15(20)19-13-5-7-14(8-6-13)25(18,22)23/h2-10H,1H3,(H,19,20)(H2,18,22,23)/t10-/m0/s1. The van der Waals surface area contributed by atoms with Crippen LogP contribution in [0.25, 0.3) is 0 Å². The SMILES string of the molecule is C[C@H](OC(=O)c1cccc(I)c1)C(=O)Nc1ccc(S(N)(=O)=O)cc1. The van der Waals surface area contributed by atoms with Crippen LogP contribution in [0, 0.1) is 3.57 Å². The van der Waals surface area contributed by atoms with E-state index in [4.69, 9.17) is 9.88 Å². The summed E-state index contributed by atoms with van der Waals surface area (Å²) in [6, 6.07) is 12.1. The molecule has 132 valence electrons. The van der Waals surface area contributed by atoms with Crippen molar-refractivity contribution in [2.24, 2.45) is 5.14 Å². The third kappa shape index (κ3) is 5.51. The molecule has 0 aromatic heterocycles. The summed E-state index contributed by atoms with van der Waals surface area (Å²) in [6.45, 7) is 1.44. The molecule has 0 heterocycles. The van der Waals surface area contributed by atoms with Crippen LogP contribution in [0.5, 0.6) is 0 Å². The number of nitrogens with one attached hydrogen (secondary N) is 1. The molecule has 2 aromatic carbocycles. The van der Waals surface area contributed by atoms with Crippen LogP contribution in [0.3, 0.4) is 0 Å². The van der Waals surface area contributed by atoms with Gasteiger partial charge in [0.2, 0.25) is 10.0 Å². The summed E-state index contributed by atoms with van der Waals surface area (Å²) in [5, 5.41) is 7.54. The van der Waals surface area contributed by atoms with E-state index in [2.05, 4.69) is 27.9 Å². The van der Waals surface area contributed by atoms with Gasteiger partial charge < -0.3 is 10.1 Å². The molecule has 0 aliphatic carbocycles. The molecule has 0 saturated heterocycles. The predicted octanol–water partition coefficient (Wildman–Crippen LogP) is 2.12. The van der Waals surface area contributed by atoms with Gasteiger partial charge in [0.1, 0.15) is 0 Å². The number of anilines is 1. The minimum atomic E-state index is -3.80. The number of primary sulfonamides is 1. The fourth-order valence-corrected chi connectivity index (χ4v) is 2.93. The molecular weight excluding hydrogens is 459 g/mol. The second-order valence-electron chi connectivity index (χ2n) is 5.12. The van der Waals surface area contributed by atoms with Gasteiger partial charge in [0.15, 0.2) is 6.10 Å². The van der Waals surface area contributed by atoms with Crippen LogP contribution in [0.1, 0.15) is 17.3 Å². The maximum absolute atomic E-state index is 12.1. The highest BCUT2D eigenvalue weighted by Crippen LogP contribution is 2.14. The average molecular weight is 474 g/mol. The Balaban J connectivity index is 1.99. The molecular formula is C16H15IN2O5S. The van der Waals surface area contributed by atoms with Gasteiger partial charge in [-0.2, -0.15) is 0 Å². The number of nitrogens with two attached hydrogens (primary N) is 1. The van der Waals surface area contributed by atoms with Gasteiger partial charge in [0, 0.05) is 9.26 Å². The number of rotatable bonds is 5. The van der Waals surface area contributed by atoms with Gasteiger partial charge in [0.05, 0.1) is 10.5 Å². The predicted molar refractivity (Wildman–Crippen MR) is 100 cm³/mol. The molecule has 25 heavy (non-hydrogen) atoms. The zero-order chi connectivity index (χ0) is 18.6. The number of ether oxygens (including phenoxy) is 1. The number of carbonyl (C=O) groups excluding carboxylic acids is 2. The molecule has 2 rings (SSSR count). The van der Waals surface area contributed by atoms with E-state index in [0.717, 1.165) is 3.57 Å². The molecule has 0 unspecified atom stereocenters. The third-order valence-electron chi connectivity index (χ3n) is 3.16. The molecule has 9 heteroatoms. The summed E-state index contributed by atoms with van der Waals surface area (Å²) in [7, 11) is -3.80. The van der Waals surface area contributed by atoms with E-state index in [1.807, 2.05) is 6.07 Å². The molecule has 7 nitrogen and oxygen atoms in total. The van der Waals surface area contributed by atoms with E-state index < -0.39 is 28.0 Å². The number of carbonyl (C=O) groups is 2. The zero-order valence-corrected chi connectivity index (χ0v) is 16.1. The molecule has 0 radical (unpaired) electrons. The quantitative estimate of drug-likeness (QED) is 0.509. The van der Waals surface area contributed by atoms with Crippen LogP contribution < -0.4 is 10.5 Å². The summed E-state index contributed by atoms with van der Waals surface area (Å²) < 4.78 is 28.4. The summed E-state index contributed by atoms with van der Waals surface area (Å²) in [6.07, 6.45) is -1.02. The van der Waals surface area contributed by atoms with Crippen LogP contribution >= 0.6 is 22.6 Å². The summed E-state index contributed by atoms with van der Waals surface area (Å²) in [5.74, 6) is -1.15. The lowest BCUT2D eigenvalue weighted by atomic mass is 10.2. The van der Waals surface area contributed by atoms with Crippen molar-refractivity contribution in [3.8, 4) is 0 Å². The lowest BCUT2D eigenvalue weighted by Gasteiger charge is -2.14. The first-order chi connectivity index (χ1) is 11.7. The molecule has 0 saturated carbocycles. The van der Waals surface area contributed by atoms with Crippen molar-refractivity contribution >= 4 is 50.2 Å². The smallest absolute Gasteiger partial charge is 0.338 e. The Morgan fingerprint density at radius 1 is 1.16 bits per heavy atom. The van der Waals surface area contributed by atoms with Crippen molar-refractivity contribution in [1.82, 2.24) is 0 Å². The van der Waals surface area contributed by atoms with E-state index in [9.17, 15) is 18.0 Å². The Morgan fingerprint density at radius 3 is 2.36 bits per heavy atom. The minimum absolute atomic E-state index is 0.0661. The fraction of sp³-hybridized carbons (Fsp3) is 0.125. The maximum atomic E-state index is 12.1. The van der Waals surface area contributed by atoms with E-state index in [0.29, 0.717) is 11.3 Å². The number of hydrogen-bond donors (Lipinski definition) is 2. The first-order valence-electron chi connectivity index (χ1n) is 7.07. The van der Waals surface area contributed by atoms with Crippen LogP contribution in [-0.4, -0.2) is 26.4 Å². The Kier molecular flexibility index (Phi) is 6.14. The lowest BCUT2D eigenvalue weighted by Crippen LogP contribution is -2.30. The highest BCUT2D eigenvalue weighted by molar-refractivity contribution is 14.1. The largest absolute Gasteiger partial charge is 0.449 e. The van der Waals surface area contributed by atoms with Gasteiger partial charge in [-0.15, -0.1) is 0 Å². The summed E-state index contributed by atoms with van der Waals surface area (Å²) in [5.41, 5.74) is 0.707. The molecule has 0 fully saturated rings. The second-order valence-corrected chi connectivity index (χ2v) is 7.92. The van der Waals surface area contributed by atoms with E-state index >= 15 is 0 Å². The number of benzene rings is 2. The molecule has 0 aliphatic heterocycles. The van der Waals surface area contributed by atoms with Gasteiger partial charge in [-0.3, -0.25) is 4.79 Å². The van der Waals surface area contributed by atoms with Gasteiger partial charge >= 0.3 is 5.97 Å². The highest BCUT2D eigenvalue weighted by atomic mass is 127.